The fourth-order valence-corrected chi connectivity index (χ4v) is 3.37. The van der Waals surface area contributed by atoms with E-state index in [4.69, 9.17) is 9.52 Å². The highest BCUT2D eigenvalue weighted by Gasteiger charge is 2.13. The van der Waals surface area contributed by atoms with Crippen LogP contribution in [0.5, 0.6) is 0 Å². The van der Waals surface area contributed by atoms with Crippen LogP contribution in [-0.4, -0.2) is 16.9 Å². The van der Waals surface area contributed by atoms with Crippen molar-refractivity contribution in [1.82, 2.24) is 0 Å². The zero-order chi connectivity index (χ0) is 20.1. The first-order chi connectivity index (χ1) is 13.5. The van der Waals surface area contributed by atoms with Gasteiger partial charge >= 0.3 is 5.97 Å². The van der Waals surface area contributed by atoms with Crippen LogP contribution in [0.15, 0.2) is 45.6 Å². The number of Topliss-reactive ketones (excluding diaryl/α,β-unsaturated/α-hetero) is 1. The number of carboxylic acids is 1. The summed E-state index contributed by atoms with van der Waals surface area (Å²) in [6.45, 7) is 2.18. The summed E-state index contributed by atoms with van der Waals surface area (Å²) in [7, 11) is 0. The van der Waals surface area contributed by atoms with Gasteiger partial charge in [0.2, 0.25) is 5.43 Å². The molecule has 0 spiro atoms. The minimum absolute atomic E-state index is 0.0323. The molecule has 5 nitrogen and oxygen atoms in total. The Morgan fingerprint density at radius 3 is 2.32 bits per heavy atom. The Labute approximate surface area is 163 Å². The summed E-state index contributed by atoms with van der Waals surface area (Å²) in [5, 5.41) is 9.67. The number of hydrogen-bond donors (Lipinski definition) is 1. The first-order valence-corrected chi connectivity index (χ1v) is 9.78. The van der Waals surface area contributed by atoms with Crippen molar-refractivity contribution < 1.29 is 19.1 Å². The van der Waals surface area contributed by atoms with Gasteiger partial charge in [0, 0.05) is 12.0 Å². The quantitative estimate of drug-likeness (QED) is 0.298. The van der Waals surface area contributed by atoms with Gasteiger partial charge in [-0.15, -0.1) is 0 Å². The molecule has 1 N–H and O–H groups in total. The summed E-state index contributed by atoms with van der Waals surface area (Å²) in [4.78, 5) is 36.3. The largest absolute Gasteiger partial charge is 0.478 e. The van der Waals surface area contributed by atoms with Crippen LogP contribution in [-0.2, 0) is 0 Å². The van der Waals surface area contributed by atoms with Crippen molar-refractivity contribution in [2.45, 2.75) is 51.9 Å². The predicted octanol–water partition coefficient (Wildman–Crippen LogP) is 5.58. The van der Waals surface area contributed by atoms with Crippen molar-refractivity contribution in [3.63, 3.8) is 0 Å². The molecule has 0 atom stereocenters. The highest BCUT2D eigenvalue weighted by Crippen LogP contribution is 2.22. The second-order valence-corrected chi connectivity index (χ2v) is 7.10. The van der Waals surface area contributed by atoms with Gasteiger partial charge in [0.1, 0.15) is 11.2 Å². The van der Waals surface area contributed by atoms with Crippen molar-refractivity contribution in [1.29, 1.82) is 0 Å². The van der Waals surface area contributed by atoms with E-state index in [-0.39, 0.29) is 22.2 Å². The molecule has 28 heavy (non-hydrogen) atoms. The van der Waals surface area contributed by atoms with E-state index in [0.29, 0.717) is 28.5 Å². The second kappa shape index (κ2) is 8.83. The van der Waals surface area contributed by atoms with E-state index in [9.17, 15) is 14.4 Å². The zero-order valence-corrected chi connectivity index (χ0v) is 16.0. The number of ketones is 1. The number of carboxylic acid groups (broad SMARTS) is 1. The third-order valence-corrected chi connectivity index (χ3v) is 5.00. The molecular formula is C23H24O5. The van der Waals surface area contributed by atoms with E-state index in [1.54, 1.807) is 18.2 Å². The summed E-state index contributed by atoms with van der Waals surface area (Å²) in [5.74, 6) is -1.06. The number of carbonyl (C=O) groups is 2. The molecular weight excluding hydrogens is 356 g/mol. The van der Waals surface area contributed by atoms with Crippen LogP contribution in [0.3, 0.4) is 0 Å². The Hall–Kier alpha value is -2.95. The predicted molar refractivity (Wildman–Crippen MR) is 109 cm³/mol. The van der Waals surface area contributed by atoms with Crippen molar-refractivity contribution >= 4 is 33.7 Å². The molecule has 1 heterocycles. The van der Waals surface area contributed by atoms with Crippen molar-refractivity contribution in [2.75, 3.05) is 0 Å². The summed E-state index contributed by atoms with van der Waals surface area (Å²) >= 11 is 0. The maximum atomic E-state index is 12.7. The number of rotatable bonds is 9. The van der Waals surface area contributed by atoms with Gasteiger partial charge in [-0.2, -0.15) is 0 Å². The van der Waals surface area contributed by atoms with Gasteiger partial charge in [-0.3, -0.25) is 9.59 Å². The van der Waals surface area contributed by atoms with Gasteiger partial charge in [-0.05, 0) is 36.8 Å². The average Bonchev–Trinajstić information content (AvgIpc) is 2.70. The monoisotopic (exact) mass is 380 g/mol. The molecule has 0 saturated carbocycles. The van der Waals surface area contributed by atoms with Crippen LogP contribution < -0.4 is 5.43 Å². The highest BCUT2D eigenvalue weighted by molar-refractivity contribution is 6.01. The van der Waals surface area contributed by atoms with Crippen LogP contribution in [0.2, 0.25) is 0 Å². The lowest BCUT2D eigenvalue weighted by molar-refractivity contribution is 0.0696. The summed E-state index contributed by atoms with van der Waals surface area (Å²) in [6, 6.07) is 9.03. The summed E-state index contributed by atoms with van der Waals surface area (Å²) < 4.78 is 5.78. The lowest BCUT2D eigenvalue weighted by Gasteiger charge is -2.05. The number of hydrogen-bond acceptors (Lipinski definition) is 4. The normalized spacial score (nSPS) is 11.2. The van der Waals surface area contributed by atoms with E-state index in [2.05, 4.69) is 6.92 Å². The maximum absolute atomic E-state index is 12.7. The van der Waals surface area contributed by atoms with E-state index in [1.165, 1.54) is 37.5 Å². The highest BCUT2D eigenvalue weighted by atomic mass is 16.4. The fourth-order valence-electron chi connectivity index (χ4n) is 3.37. The van der Waals surface area contributed by atoms with Gasteiger partial charge in [0.15, 0.2) is 5.78 Å². The molecule has 0 bridgehead atoms. The molecule has 5 heteroatoms. The van der Waals surface area contributed by atoms with Crippen molar-refractivity contribution in [2.24, 2.45) is 0 Å². The molecule has 3 aromatic rings. The van der Waals surface area contributed by atoms with Crippen LogP contribution in [0.4, 0.5) is 0 Å². The molecule has 3 rings (SSSR count). The van der Waals surface area contributed by atoms with Gasteiger partial charge in [0.05, 0.1) is 16.3 Å². The number of carbonyl (C=O) groups excluding carboxylic acids is 1. The first kappa shape index (κ1) is 19.8. The molecule has 0 aliphatic heterocycles. The molecule has 0 radical (unpaired) electrons. The Kier molecular flexibility index (Phi) is 6.24. The summed E-state index contributed by atoms with van der Waals surface area (Å²) in [6.07, 6.45) is 7.19. The maximum Gasteiger partial charge on any atom is 0.335 e. The second-order valence-electron chi connectivity index (χ2n) is 7.10. The molecule has 0 amide bonds. The first-order valence-electron chi connectivity index (χ1n) is 9.78. The Morgan fingerprint density at radius 2 is 1.57 bits per heavy atom. The standard InChI is InChI=1S/C23H24O5/c1-2-3-4-5-6-7-8-19(24)15-9-11-17-21(14-15)28-20-12-10-16(23(26)27)13-18(20)22(17)25/h9-14H,2-8H2,1H3,(H,26,27). The van der Waals surface area contributed by atoms with Crippen molar-refractivity contribution in [3.05, 3.63) is 57.7 Å². The average molecular weight is 380 g/mol. The minimum atomic E-state index is -1.10. The fraction of sp³-hybridized carbons (Fsp3) is 0.348. The Balaban J connectivity index is 1.82. The van der Waals surface area contributed by atoms with E-state index >= 15 is 0 Å². The van der Waals surface area contributed by atoms with Crippen LogP contribution in [0, 0.1) is 0 Å². The minimum Gasteiger partial charge on any atom is -0.478 e. The van der Waals surface area contributed by atoms with Gasteiger partial charge in [-0.25, -0.2) is 4.79 Å². The van der Waals surface area contributed by atoms with E-state index in [0.717, 1.165) is 19.3 Å². The Morgan fingerprint density at radius 1 is 0.857 bits per heavy atom. The van der Waals surface area contributed by atoms with Crippen LogP contribution >= 0.6 is 0 Å². The molecule has 1 aromatic heterocycles. The molecule has 0 unspecified atom stereocenters. The van der Waals surface area contributed by atoms with Gasteiger partial charge in [0.25, 0.3) is 0 Å². The Bertz CT molecular complexity index is 1080. The molecule has 0 fully saturated rings. The molecule has 0 aliphatic rings. The van der Waals surface area contributed by atoms with Gasteiger partial charge in [-0.1, -0.05) is 45.1 Å². The molecule has 2 aromatic carbocycles. The molecule has 0 saturated heterocycles. The lowest BCUT2D eigenvalue weighted by Crippen LogP contribution is -2.06. The number of unbranched alkanes of at least 4 members (excludes halogenated alkanes) is 5. The van der Waals surface area contributed by atoms with Crippen molar-refractivity contribution in [3.8, 4) is 0 Å². The number of benzene rings is 2. The zero-order valence-electron chi connectivity index (χ0n) is 16.0. The van der Waals surface area contributed by atoms with E-state index < -0.39 is 5.97 Å². The molecule has 0 aliphatic carbocycles. The lowest BCUT2D eigenvalue weighted by atomic mass is 10.0. The van der Waals surface area contributed by atoms with Crippen LogP contribution in [0.1, 0.15) is 72.6 Å². The SMILES string of the molecule is CCCCCCCCC(=O)c1ccc2c(=O)c3cc(C(=O)O)ccc3oc2c1. The van der Waals surface area contributed by atoms with Crippen LogP contribution in [0.25, 0.3) is 21.9 Å². The summed E-state index contributed by atoms with van der Waals surface area (Å²) in [5.41, 5.74) is 0.919. The smallest absolute Gasteiger partial charge is 0.335 e. The third kappa shape index (κ3) is 4.30. The van der Waals surface area contributed by atoms with Gasteiger partial charge < -0.3 is 9.52 Å². The topological polar surface area (TPSA) is 84.6 Å². The third-order valence-electron chi connectivity index (χ3n) is 5.00. The number of fused-ring (bicyclic) bond motifs is 2. The number of aromatic carboxylic acids is 1. The molecule has 146 valence electrons. The van der Waals surface area contributed by atoms with E-state index in [1.807, 2.05) is 0 Å².